The summed E-state index contributed by atoms with van der Waals surface area (Å²) in [4.78, 5) is 12.5. The van der Waals surface area contributed by atoms with E-state index in [1.54, 1.807) is 20.0 Å². The maximum Gasteiger partial charge on any atom is 0.417 e. The lowest BCUT2D eigenvalue weighted by Gasteiger charge is -2.31. The van der Waals surface area contributed by atoms with Crippen LogP contribution in [0.25, 0.3) is 22.2 Å². The fraction of sp³-hybridized carbons (Fsp3) is 0.500. The van der Waals surface area contributed by atoms with Crippen molar-refractivity contribution in [2.24, 2.45) is 5.92 Å². The van der Waals surface area contributed by atoms with Gasteiger partial charge in [-0.15, -0.1) is 0 Å². The Balaban J connectivity index is 1.81. The molecule has 3 aromatic rings. The highest BCUT2D eigenvalue weighted by Gasteiger charge is 2.37. The van der Waals surface area contributed by atoms with Crippen molar-refractivity contribution in [3.63, 3.8) is 0 Å². The quantitative estimate of drug-likeness (QED) is 0.190. The van der Waals surface area contributed by atoms with Crippen LogP contribution in [-0.4, -0.2) is 47.5 Å². The predicted molar refractivity (Wildman–Crippen MR) is 147 cm³/mol. The van der Waals surface area contributed by atoms with E-state index in [-0.39, 0.29) is 30.4 Å². The van der Waals surface area contributed by atoms with Gasteiger partial charge in [-0.2, -0.15) is 13.2 Å². The first kappa shape index (κ1) is 30.5. The summed E-state index contributed by atoms with van der Waals surface area (Å²) in [5, 5.41) is 14.1. The Hall–Kier alpha value is -3.04. The molecule has 3 rings (SSSR count). The first-order chi connectivity index (χ1) is 18.4. The number of rotatable bonds is 13. The van der Waals surface area contributed by atoms with Crippen LogP contribution < -0.4 is 10.1 Å². The van der Waals surface area contributed by atoms with Crippen molar-refractivity contribution in [1.82, 2.24) is 9.88 Å². The van der Waals surface area contributed by atoms with Gasteiger partial charge in [-0.1, -0.05) is 51.8 Å². The Kier molecular flexibility index (Phi) is 10.1. The van der Waals surface area contributed by atoms with Gasteiger partial charge >= 0.3 is 12.1 Å². The van der Waals surface area contributed by atoms with Gasteiger partial charge in [-0.05, 0) is 56.6 Å². The van der Waals surface area contributed by atoms with Crippen molar-refractivity contribution in [3.8, 4) is 17.0 Å². The van der Waals surface area contributed by atoms with Gasteiger partial charge in [0.05, 0.1) is 5.56 Å². The van der Waals surface area contributed by atoms with E-state index in [0.717, 1.165) is 36.2 Å². The van der Waals surface area contributed by atoms with Crippen LogP contribution in [0.3, 0.4) is 0 Å². The lowest BCUT2D eigenvalue weighted by molar-refractivity contribution is -0.156. The number of hydrogen-bond donors (Lipinski definition) is 2. The topological polar surface area (TPSA) is 72.7 Å². The number of alkyl halides is 3. The normalized spacial score (nSPS) is 14.4. The van der Waals surface area contributed by atoms with Crippen LogP contribution in [0.5, 0.6) is 5.75 Å². The van der Waals surface area contributed by atoms with E-state index in [4.69, 9.17) is 9.47 Å². The average Bonchev–Trinajstić information content (AvgIpc) is 3.27. The number of halogens is 3. The molecular formula is C30H39F3N2O4. The predicted octanol–water partition coefficient (Wildman–Crippen LogP) is 6.43. The summed E-state index contributed by atoms with van der Waals surface area (Å²) < 4.78 is 55.4. The minimum atomic E-state index is -4.62. The average molecular weight is 549 g/mol. The van der Waals surface area contributed by atoms with Crippen LogP contribution >= 0.6 is 0 Å². The molecular weight excluding hydrogens is 509 g/mol. The number of carbonyl (C=O) groups excluding carboxylic acids is 1. The van der Waals surface area contributed by atoms with E-state index >= 15 is 0 Å². The number of aliphatic hydroxyl groups is 1. The molecule has 0 saturated heterocycles. The van der Waals surface area contributed by atoms with Crippen molar-refractivity contribution in [3.05, 3.63) is 54.1 Å². The lowest BCUT2D eigenvalue weighted by Crippen LogP contribution is -2.53. The number of nitrogens with one attached hydrogen (secondary N) is 1. The second-order valence-electron chi connectivity index (χ2n) is 10.3. The number of fused-ring (bicyclic) bond motifs is 1. The van der Waals surface area contributed by atoms with Gasteiger partial charge in [0.2, 0.25) is 0 Å². The molecule has 6 nitrogen and oxygen atoms in total. The Morgan fingerprint density at radius 2 is 1.79 bits per heavy atom. The second-order valence-corrected chi connectivity index (χ2v) is 10.3. The number of likely N-dealkylation sites (N-methyl/N-ethyl adjacent to an activating group) is 1. The maximum absolute atomic E-state index is 14.2. The number of para-hydroxylation sites is 1. The number of aromatic nitrogens is 1. The fourth-order valence-corrected chi connectivity index (χ4v) is 4.45. The summed E-state index contributed by atoms with van der Waals surface area (Å²) in [5.41, 5.74) is -0.298. The largest absolute Gasteiger partial charge is 0.491 e. The summed E-state index contributed by atoms with van der Waals surface area (Å²) in [6.07, 6.45) is -2.99. The van der Waals surface area contributed by atoms with Gasteiger partial charge in [0.1, 0.15) is 30.6 Å². The van der Waals surface area contributed by atoms with Crippen LogP contribution in [0, 0.1) is 5.92 Å². The molecule has 0 saturated carbocycles. The zero-order valence-electron chi connectivity index (χ0n) is 23.3. The summed E-state index contributed by atoms with van der Waals surface area (Å²) in [7, 11) is 1.65. The molecule has 0 radical (unpaired) electrons. The number of nitrogens with zero attached hydrogens (tertiary/aromatic N) is 1. The van der Waals surface area contributed by atoms with Gasteiger partial charge in [0, 0.05) is 28.7 Å². The van der Waals surface area contributed by atoms with E-state index in [1.165, 1.54) is 12.1 Å². The molecule has 39 heavy (non-hydrogen) atoms. The molecule has 1 aromatic heterocycles. The third-order valence-corrected chi connectivity index (χ3v) is 7.32. The van der Waals surface area contributed by atoms with E-state index in [0.29, 0.717) is 12.2 Å². The van der Waals surface area contributed by atoms with E-state index in [9.17, 15) is 23.1 Å². The molecule has 0 spiro atoms. The number of ether oxygens (including phenoxy) is 2. The number of esters is 1. The summed E-state index contributed by atoms with van der Waals surface area (Å²) in [6.45, 7) is 7.45. The molecule has 0 bridgehead atoms. The van der Waals surface area contributed by atoms with Gasteiger partial charge < -0.3 is 24.5 Å². The highest BCUT2D eigenvalue weighted by Crippen LogP contribution is 2.41. The minimum Gasteiger partial charge on any atom is -0.491 e. The Bertz CT molecular complexity index is 1250. The molecule has 1 heterocycles. The third-order valence-electron chi connectivity index (χ3n) is 7.32. The maximum atomic E-state index is 14.2. The molecule has 2 unspecified atom stereocenters. The van der Waals surface area contributed by atoms with Crippen LogP contribution in [0.4, 0.5) is 13.2 Å². The molecule has 2 N–H and O–H groups in total. The van der Waals surface area contributed by atoms with Gasteiger partial charge in [-0.3, -0.25) is 4.79 Å². The smallest absolute Gasteiger partial charge is 0.417 e. The molecule has 0 amide bonds. The molecule has 0 aliphatic rings. The molecule has 0 aliphatic heterocycles. The molecule has 0 fully saturated rings. The van der Waals surface area contributed by atoms with Gasteiger partial charge in [-0.25, -0.2) is 0 Å². The third kappa shape index (κ3) is 7.13. The summed E-state index contributed by atoms with van der Waals surface area (Å²) in [5.74, 6) is -0.627. The number of aryl methyl sites for hydroxylation is 1. The monoisotopic (exact) mass is 548 g/mol. The fourth-order valence-electron chi connectivity index (χ4n) is 4.45. The van der Waals surface area contributed by atoms with Crippen molar-refractivity contribution in [2.45, 2.75) is 71.3 Å². The molecule has 2 atom stereocenters. The van der Waals surface area contributed by atoms with Crippen LogP contribution in [0.2, 0.25) is 0 Å². The number of aliphatic hydroxyl groups excluding tert-OH is 1. The first-order valence-electron chi connectivity index (χ1n) is 13.4. The zero-order chi connectivity index (χ0) is 28.8. The Labute approximate surface area is 228 Å². The highest BCUT2D eigenvalue weighted by atomic mass is 19.4. The zero-order valence-corrected chi connectivity index (χ0v) is 23.3. The number of unbranched alkanes of at least 4 members (excludes halogenated alkanes) is 2. The van der Waals surface area contributed by atoms with Gasteiger partial charge in [0.25, 0.3) is 0 Å². The van der Waals surface area contributed by atoms with E-state index < -0.39 is 29.4 Å². The van der Waals surface area contributed by atoms with Crippen LogP contribution in [0.15, 0.2) is 48.5 Å². The molecule has 214 valence electrons. The van der Waals surface area contributed by atoms with Crippen LogP contribution in [0.1, 0.15) is 52.5 Å². The highest BCUT2D eigenvalue weighted by molar-refractivity contribution is 5.88. The van der Waals surface area contributed by atoms with E-state index in [1.807, 2.05) is 42.7 Å². The Morgan fingerprint density at radius 1 is 1.08 bits per heavy atom. The lowest BCUT2D eigenvalue weighted by atomic mass is 9.89. The molecule has 2 aromatic carbocycles. The molecule has 9 heteroatoms. The minimum absolute atomic E-state index is 0.0349. The number of carbonyl (C=O) groups is 1. The standard InChI is InChI=1S/C30H39F3N2O4/c1-6-7-10-15-35-26-12-9-8-11-21(26)16-27(35)24-14-13-23(17-25(24)30(31,32)33)38-18-22(36)19-39-28(37)29(4,34-5)20(2)3/h8-9,11-14,16-17,20,22,34,36H,6-7,10,15,18-19H2,1-5H3. The van der Waals surface area contributed by atoms with Crippen molar-refractivity contribution in [2.75, 3.05) is 20.3 Å². The SMILES string of the molecule is CCCCCn1c(-c2ccc(OCC(O)COC(=O)C(C)(NC)C(C)C)cc2C(F)(F)F)cc2ccccc21. The number of hydrogen-bond acceptors (Lipinski definition) is 5. The summed E-state index contributed by atoms with van der Waals surface area (Å²) >= 11 is 0. The van der Waals surface area contributed by atoms with Crippen molar-refractivity contribution < 1.29 is 32.5 Å². The summed E-state index contributed by atoms with van der Waals surface area (Å²) in [6, 6.07) is 13.2. The van der Waals surface area contributed by atoms with Crippen LogP contribution in [-0.2, 0) is 22.3 Å². The first-order valence-corrected chi connectivity index (χ1v) is 13.4. The number of benzene rings is 2. The molecule has 0 aliphatic carbocycles. The Morgan fingerprint density at radius 3 is 2.44 bits per heavy atom. The van der Waals surface area contributed by atoms with Gasteiger partial charge in [0.15, 0.2) is 0 Å². The van der Waals surface area contributed by atoms with Crippen molar-refractivity contribution in [1.29, 1.82) is 0 Å². The van der Waals surface area contributed by atoms with Crippen molar-refractivity contribution >= 4 is 16.9 Å². The second kappa shape index (κ2) is 12.9. The van der Waals surface area contributed by atoms with E-state index in [2.05, 4.69) is 12.2 Å².